The van der Waals surface area contributed by atoms with E-state index in [0.717, 1.165) is 11.1 Å². The van der Waals surface area contributed by atoms with Crippen LogP contribution in [0.2, 0.25) is 0 Å². The van der Waals surface area contributed by atoms with E-state index in [1.165, 1.54) is 17.3 Å². The maximum Gasteiger partial charge on any atom is 0.239 e. The van der Waals surface area contributed by atoms with Crippen molar-refractivity contribution < 1.29 is 14.3 Å². The second kappa shape index (κ2) is 9.93. The van der Waals surface area contributed by atoms with Crippen molar-refractivity contribution in [3.63, 3.8) is 0 Å². The molecule has 7 heteroatoms. The number of thioether (sulfide) groups is 1. The quantitative estimate of drug-likeness (QED) is 0.410. The summed E-state index contributed by atoms with van der Waals surface area (Å²) in [6, 6.07) is 13.6. The Balaban J connectivity index is 1.63. The van der Waals surface area contributed by atoms with Crippen LogP contribution in [0.5, 0.6) is 11.5 Å². The molecule has 1 N–H and O–H groups in total. The summed E-state index contributed by atoms with van der Waals surface area (Å²) in [5.74, 6) is 1.19. The van der Waals surface area contributed by atoms with Crippen molar-refractivity contribution in [2.24, 2.45) is 10.2 Å². The normalized spacial score (nSPS) is 17.5. The maximum atomic E-state index is 12.2. The molecule has 1 fully saturated rings. The number of amides is 1. The van der Waals surface area contributed by atoms with Gasteiger partial charge in [-0.1, -0.05) is 54.2 Å². The molecule has 0 radical (unpaired) electrons. The topological polar surface area (TPSA) is 72.3 Å². The minimum atomic E-state index is -0.202. The lowest BCUT2D eigenvalue weighted by Crippen LogP contribution is -2.25. The second-order valence-corrected chi connectivity index (χ2v) is 7.64. The molecular weight excluding hydrogens is 386 g/mol. The number of amidine groups is 1. The number of hydrogen-bond donors (Lipinski definition) is 1. The van der Waals surface area contributed by atoms with Crippen LogP contribution < -0.4 is 14.8 Å². The molecule has 6 nitrogen and oxygen atoms in total. The first-order valence-corrected chi connectivity index (χ1v) is 10.0. The third kappa shape index (κ3) is 5.71. The fraction of sp³-hybridized carbons (Fsp3) is 0.227. The molecule has 1 heterocycles. The predicted molar refractivity (Wildman–Crippen MR) is 118 cm³/mol. The van der Waals surface area contributed by atoms with Gasteiger partial charge in [0.15, 0.2) is 16.7 Å². The van der Waals surface area contributed by atoms with Gasteiger partial charge in [0, 0.05) is 0 Å². The Labute approximate surface area is 174 Å². The number of carbonyl (C=O) groups is 1. The Bertz CT molecular complexity index is 956. The molecular formula is C22H23N3O3S. The third-order valence-electron chi connectivity index (χ3n) is 4.18. The molecule has 1 unspecified atom stereocenters. The zero-order valence-corrected chi connectivity index (χ0v) is 17.2. The van der Waals surface area contributed by atoms with E-state index in [1.807, 2.05) is 37.3 Å². The number of carbonyl (C=O) groups excluding carboxylic acids is 1. The van der Waals surface area contributed by atoms with E-state index in [9.17, 15) is 4.79 Å². The highest BCUT2D eigenvalue weighted by Crippen LogP contribution is 2.28. The highest BCUT2D eigenvalue weighted by atomic mass is 32.2. The molecule has 2 aromatic carbocycles. The minimum absolute atomic E-state index is 0.0455. The molecule has 0 aliphatic carbocycles. The average molecular weight is 410 g/mol. The van der Waals surface area contributed by atoms with E-state index in [-0.39, 0.29) is 11.2 Å². The van der Waals surface area contributed by atoms with Crippen LogP contribution in [0.3, 0.4) is 0 Å². The molecule has 0 aromatic heterocycles. The number of benzene rings is 2. The van der Waals surface area contributed by atoms with Crippen molar-refractivity contribution in [1.29, 1.82) is 0 Å². The van der Waals surface area contributed by atoms with Gasteiger partial charge < -0.3 is 14.8 Å². The van der Waals surface area contributed by atoms with E-state index < -0.39 is 0 Å². The molecule has 1 aliphatic heterocycles. The molecule has 0 bridgehead atoms. The molecule has 0 saturated carbocycles. The van der Waals surface area contributed by atoms with Crippen LogP contribution in [0.1, 0.15) is 16.7 Å². The molecule has 1 amide bonds. The molecule has 1 atom stereocenters. The van der Waals surface area contributed by atoms with Crippen LogP contribution in [-0.2, 0) is 11.2 Å². The Hall–Kier alpha value is -3.06. The van der Waals surface area contributed by atoms with Gasteiger partial charge in [0.2, 0.25) is 5.91 Å². The van der Waals surface area contributed by atoms with Crippen molar-refractivity contribution in [2.45, 2.75) is 18.6 Å². The number of methoxy groups -OCH3 is 1. The molecule has 29 heavy (non-hydrogen) atoms. The molecule has 1 aliphatic rings. The molecule has 0 spiro atoms. The van der Waals surface area contributed by atoms with E-state index >= 15 is 0 Å². The number of ether oxygens (including phenoxy) is 2. The van der Waals surface area contributed by atoms with Crippen LogP contribution >= 0.6 is 11.8 Å². The van der Waals surface area contributed by atoms with Crippen molar-refractivity contribution in [3.05, 3.63) is 71.8 Å². The van der Waals surface area contributed by atoms with Gasteiger partial charge in [-0.05, 0) is 42.7 Å². The largest absolute Gasteiger partial charge is 0.493 e. The summed E-state index contributed by atoms with van der Waals surface area (Å²) in [6.07, 6.45) is 3.93. The van der Waals surface area contributed by atoms with Crippen LogP contribution in [0.25, 0.3) is 0 Å². The van der Waals surface area contributed by atoms with E-state index in [4.69, 9.17) is 9.47 Å². The summed E-state index contributed by atoms with van der Waals surface area (Å²) in [6.45, 7) is 6.07. The highest BCUT2D eigenvalue weighted by molar-refractivity contribution is 8.15. The van der Waals surface area contributed by atoms with E-state index in [1.54, 1.807) is 25.5 Å². The Morgan fingerprint density at radius 3 is 2.86 bits per heavy atom. The summed E-state index contributed by atoms with van der Waals surface area (Å²) < 4.78 is 10.9. The first kappa shape index (κ1) is 20.7. The van der Waals surface area contributed by atoms with E-state index in [2.05, 4.69) is 28.2 Å². The zero-order valence-electron chi connectivity index (χ0n) is 16.4. The van der Waals surface area contributed by atoms with Crippen LogP contribution in [0, 0.1) is 6.92 Å². The van der Waals surface area contributed by atoms with Gasteiger partial charge in [-0.25, -0.2) is 0 Å². The molecule has 1 saturated heterocycles. The monoisotopic (exact) mass is 409 g/mol. The van der Waals surface area contributed by atoms with Gasteiger partial charge in [-0.15, -0.1) is 5.10 Å². The number of rotatable bonds is 8. The summed E-state index contributed by atoms with van der Waals surface area (Å²) in [5.41, 5.74) is 3.12. The number of nitrogens with one attached hydrogen (secondary N) is 1. The average Bonchev–Trinajstić information content (AvgIpc) is 3.06. The van der Waals surface area contributed by atoms with Gasteiger partial charge in [-0.3, -0.25) is 4.79 Å². The van der Waals surface area contributed by atoms with Gasteiger partial charge in [0.1, 0.15) is 6.61 Å². The summed E-state index contributed by atoms with van der Waals surface area (Å²) >= 11 is 1.40. The zero-order chi connectivity index (χ0) is 20.6. The fourth-order valence-electron chi connectivity index (χ4n) is 2.82. The number of hydrogen-bond acceptors (Lipinski definition) is 6. The molecule has 150 valence electrons. The van der Waals surface area contributed by atoms with Crippen molar-refractivity contribution in [2.75, 3.05) is 13.7 Å². The summed E-state index contributed by atoms with van der Waals surface area (Å²) in [5, 5.41) is 11.3. The first-order chi connectivity index (χ1) is 14.1. The molecule has 3 rings (SSSR count). The Morgan fingerprint density at radius 1 is 1.24 bits per heavy atom. The van der Waals surface area contributed by atoms with Crippen LogP contribution in [0.15, 0.2) is 65.3 Å². The Morgan fingerprint density at radius 2 is 2.10 bits per heavy atom. The maximum absolute atomic E-state index is 12.2. The smallest absolute Gasteiger partial charge is 0.239 e. The first-order valence-electron chi connectivity index (χ1n) is 9.15. The lowest BCUT2D eigenvalue weighted by molar-refractivity contribution is -0.118. The SMILES string of the molecule is C=CCOc1ccc(/C=N/N=C2\NC(=O)C(Cc3cccc(C)c3)S2)cc1OC. The summed E-state index contributed by atoms with van der Waals surface area (Å²) in [4.78, 5) is 12.2. The molecule has 2 aromatic rings. The van der Waals surface area contributed by atoms with E-state index in [0.29, 0.717) is 29.7 Å². The van der Waals surface area contributed by atoms with Gasteiger partial charge in [0.25, 0.3) is 0 Å². The second-order valence-electron chi connectivity index (χ2n) is 6.45. The van der Waals surface area contributed by atoms with Gasteiger partial charge >= 0.3 is 0 Å². The van der Waals surface area contributed by atoms with Gasteiger partial charge in [0.05, 0.1) is 18.6 Å². The summed E-state index contributed by atoms with van der Waals surface area (Å²) in [7, 11) is 1.58. The van der Waals surface area contributed by atoms with Crippen molar-refractivity contribution in [1.82, 2.24) is 5.32 Å². The third-order valence-corrected chi connectivity index (χ3v) is 5.25. The number of aryl methyl sites for hydroxylation is 1. The van der Waals surface area contributed by atoms with Crippen molar-refractivity contribution >= 4 is 29.1 Å². The lowest BCUT2D eigenvalue weighted by Gasteiger charge is -2.09. The van der Waals surface area contributed by atoms with Crippen molar-refractivity contribution in [3.8, 4) is 11.5 Å². The fourth-order valence-corrected chi connectivity index (χ4v) is 3.79. The lowest BCUT2D eigenvalue weighted by atomic mass is 10.1. The Kier molecular flexibility index (Phi) is 7.08. The predicted octanol–water partition coefficient (Wildman–Crippen LogP) is 3.73. The van der Waals surface area contributed by atoms with Crippen LogP contribution in [-0.4, -0.2) is 36.3 Å². The van der Waals surface area contributed by atoms with Crippen LogP contribution in [0.4, 0.5) is 0 Å². The minimum Gasteiger partial charge on any atom is -0.493 e. The standard InChI is InChI=1S/C22H23N3O3S/c1-4-10-28-18-9-8-17(12-19(18)27-3)14-23-25-22-24-21(26)20(29-22)13-16-7-5-6-15(2)11-16/h4-9,11-12,14,20H,1,10,13H2,2-3H3,(H,24,25,26)/b23-14+. The highest BCUT2D eigenvalue weighted by Gasteiger charge is 2.30. The number of nitrogens with zero attached hydrogens (tertiary/aromatic N) is 2. The van der Waals surface area contributed by atoms with Gasteiger partial charge in [-0.2, -0.15) is 5.10 Å².